The molecule has 0 heterocycles. The van der Waals surface area contributed by atoms with Crippen LogP contribution in [0, 0.1) is 6.92 Å². The van der Waals surface area contributed by atoms with E-state index in [0.29, 0.717) is 12.6 Å². The second kappa shape index (κ2) is 5.66. The molecule has 0 saturated carbocycles. The fourth-order valence-corrected chi connectivity index (χ4v) is 1.25. The van der Waals surface area contributed by atoms with E-state index < -0.39 is 0 Å². The highest BCUT2D eigenvalue weighted by Gasteiger charge is 2.06. The molecule has 1 rings (SSSR count). The normalized spacial score (nSPS) is 12.5. The zero-order chi connectivity index (χ0) is 11.3. The maximum atomic E-state index is 11.7. The Labute approximate surface area is 91.7 Å². The van der Waals surface area contributed by atoms with E-state index in [9.17, 15) is 4.79 Å². The van der Waals surface area contributed by atoms with E-state index in [4.69, 9.17) is 0 Å². The van der Waals surface area contributed by atoms with Gasteiger partial charge in [0.1, 0.15) is 0 Å². The molecular weight excluding hydrogens is 186 g/mol. The summed E-state index contributed by atoms with van der Waals surface area (Å²) in [6.45, 7) is 6.64. The predicted octanol–water partition coefficient (Wildman–Crippen LogP) is 2.57. The molecule has 0 saturated heterocycles. The number of rotatable bonds is 5. The second-order valence-electron chi connectivity index (χ2n) is 3.98. The Morgan fingerprint density at radius 1 is 1.33 bits per heavy atom. The smallest absolute Gasteiger partial charge is 0.176 e. The quantitative estimate of drug-likeness (QED) is 0.748. The van der Waals surface area contributed by atoms with Crippen LogP contribution in [-0.2, 0) is 0 Å². The van der Waals surface area contributed by atoms with Gasteiger partial charge >= 0.3 is 0 Å². The van der Waals surface area contributed by atoms with Crippen molar-refractivity contribution in [2.45, 2.75) is 33.2 Å². The topological polar surface area (TPSA) is 29.1 Å². The third-order valence-electron chi connectivity index (χ3n) is 2.60. The highest BCUT2D eigenvalue weighted by Crippen LogP contribution is 2.03. The molecule has 15 heavy (non-hydrogen) atoms. The van der Waals surface area contributed by atoms with E-state index in [1.807, 2.05) is 31.2 Å². The van der Waals surface area contributed by atoms with E-state index in [2.05, 4.69) is 19.2 Å². The van der Waals surface area contributed by atoms with Crippen molar-refractivity contribution in [1.82, 2.24) is 5.32 Å². The summed E-state index contributed by atoms with van der Waals surface area (Å²) in [6.07, 6.45) is 1.04. The van der Waals surface area contributed by atoms with Gasteiger partial charge in [0.05, 0.1) is 6.54 Å². The molecule has 2 heteroatoms. The molecule has 2 nitrogen and oxygen atoms in total. The van der Waals surface area contributed by atoms with Gasteiger partial charge in [0, 0.05) is 11.6 Å². The summed E-state index contributed by atoms with van der Waals surface area (Å²) >= 11 is 0. The van der Waals surface area contributed by atoms with Crippen LogP contribution < -0.4 is 5.32 Å². The lowest BCUT2D eigenvalue weighted by Gasteiger charge is -2.10. The highest BCUT2D eigenvalue weighted by atomic mass is 16.1. The van der Waals surface area contributed by atoms with E-state index in [1.165, 1.54) is 5.56 Å². The van der Waals surface area contributed by atoms with Gasteiger partial charge in [0.15, 0.2) is 5.78 Å². The highest BCUT2D eigenvalue weighted by molar-refractivity contribution is 5.97. The molecule has 0 radical (unpaired) electrons. The van der Waals surface area contributed by atoms with Crippen LogP contribution in [0.25, 0.3) is 0 Å². The minimum atomic E-state index is 0.162. The van der Waals surface area contributed by atoms with Gasteiger partial charge in [-0.2, -0.15) is 0 Å². The summed E-state index contributed by atoms with van der Waals surface area (Å²) in [5.41, 5.74) is 1.97. The zero-order valence-corrected chi connectivity index (χ0v) is 9.71. The van der Waals surface area contributed by atoms with Crippen molar-refractivity contribution >= 4 is 5.78 Å². The lowest BCUT2D eigenvalue weighted by Crippen LogP contribution is -2.30. The molecule has 0 spiro atoms. The molecule has 1 aromatic carbocycles. The Bertz CT molecular complexity index is 316. The molecule has 0 amide bonds. The summed E-state index contributed by atoms with van der Waals surface area (Å²) in [4.78, 5) is 11.7. The third-order valence-corrected chi connectivity index (χ3v) is 2.60. The van der Waals surface area contributed by atoms with Gasteiger partial charge in [0.25, 0.3) is 0 Å². The fraction of sp³-hybridized carbons (Fsp3) is 0.462. The first kappa shape index (κ1) is 11.9. The van der Waals surface area contributed by atoms with Gasteiger partial charge in [-0.3, -0.25) is 4.79 Å². The van der Waals surface area contributed by atoms with Crippen LogP contribution in [0.4, 0.5) is 0 Å². The van der Waals surface area contributed by atoms with E-state index >= 15 is 0 Å². The summed E-state index contributed by atoms with van der Waals surface area (Å²) in [5, 5.41) is 3.20. The lowest BCUT2D eigenvalue weighted by molar-refractivity contribution is 0.0987. The van der Waals surface area contributed by atoms with Crippen LogP contribution in [0.15, 0.2) is 24.3 Å². The average Bonchev–Trinajstić information content (AvgIpc) is 2.26. The largest absolute Gasteiger partial charge is 0.307 e. The molecule has 0 aromatic heterocycles. The molecule has 1 atom stereocenters. The Kier molecular flexibility index (Phi) is 4.50. The van der Waals surface area contributed by atoms with Crippen molar-refractivity contribution in [2.75, 3.05) is 6.54 Å². The van der Waals surface area contributed by atoms with Crippen LogP contribution in [0.3, 0.4) is 0 Å². The number of hydrogen-bond donors (Lipinski definition) is 1. The molecule has 0 aliphatic rings. The molecule has 82 valence electrons. The van der Waals surface area contributed by atoms with Crippen LogP contribution in [0.2, 0.25) is 0 Å². The second-order valence-corrected chi connectivity index (χ2v) is 3.98. The summed E-state index contributed by atoms with van der Waals surface area (Å²) in [5.74, 6) is 0.162. The number of nitrogens with one attached hydrogen (secondary N) is 1. The van der Waals surface area contributed by atoms with Gasteiger partial charge in [-0.15, -0.1) is 0 Å². The van der Waals surface area contributed by atoms with Crippen molar-refractivity contribution in [2.24, 2.45) is 0 Å². The van der Waals surface area contributed by atoms with Crippen molar-refractivity contribution in [3.05, 3.63) is 35.4 Å². The van der Waals surface area contributed by atoms with Crippen molar-refractivity contribution in [3.8, 4) is 0 Å². The van der Waals surface area contributed by atoms with E-state index in [-0.39, 0.29) is 5.78 Å². The van der Waals surface area contributed by atoms with Crippen molar-refractivity contribution < 1.29 is 4.79 Å². The Hall–Kier alpha value is -1.15. The van der Waals surface area contributed by atoms with Gasteiger partial charge in [-0.25, -0.2) is 0 Å². The first-order valence-corrected chi connectivity index (χ1v) is 5.46. The standard InChI is InChI=1S/C13H19NO/c1-4-11(3)14-9-13(15)12-7-5-10(2)6-8-12/h5-8,11,14H,4,9H2,1-3H3. The molecule has 1 unspecified atom stereocenters. The summed E-state index contributed by atoms with van der Waals surface area (Å²) in [7, 11) is 0. The number of benzene rings is 1. The first-order chi connectivity index (χ1) is 7.13. The van der Waals surface area contributed by atoms with Gasteiger partial charge in [-0.05, 0) is 20.3 Å². The van der Waals surface area contributed by atoms with E-state index in [0.717, 1.165) is 12.0 Å². The molecule has 1 aromatic rings. The van der Waals surface area contributed by atoms with Crippen LogP contribution in [0.1, 0.15) is 36.2 Å². The van der Waals surface area contributed by atoms with Crippen molar-refractivity contribution in [1.29, 1.82) is 0 Å². The number of hydrogen-bond acceptors (Lipinski definition) is 2. The van der Waals surface area contributed by atoms with Crippen LogP contribution in [-0.4, -0.2) is 18.4 Å². The number of carbonyl (C=O) groups excluding carboxylic acids is 1. The summed E-state index contributed by atoms with van der Waals surface area (Å²) < 4.78 is 0. The molecule has 1 N–H and O–H groups in total. The van der Waals surface area contributed by atoms with Gasteiger partial charge < -0.3 is 5.32 Å². The lowest BCUT2D eigenvalue weighted by atomic mass is 10.1. The van der Waals surface area contributed by atoms with Crippen molar-refractivity contribution in [3.63, 3.8) is 0 Å². The SMILES string of the molecule is CCC(C)NCC(=O)c1ccc(C)cc1. The molecular formula is C13H19NO. The Balaban J connectivity index is 2.50. The van der Waals surface area contributed by atoms with Gasteiger partial charge in [-0.1, -0.05) is 36.8 Å². The average molecular weight is 205 g/mol. The minimum absolute atomic E-state index is 0.162. The monoisotopic (exact) mass is 205 g/mol. The van der Waals surface area contributed by atoms with Crippen LogP contribution >= 0.6 is 0 Å². The zero-order valence-electron chi connectivity index (χ0n) is 9.71. The fourth-order valence-electron chi connectivity index (χ4n) is 1.25. The minimum Gasteiger partial charge on any atom is -0.307 e. The molecule has 0 fully saturated rings. The number of Topliss-reactive ketones (excluding diaryl/α,β-unsaturated/α-hetero) is 1. The number of ketones is 1. The van der Waals surface area contributed by atoms with Gasteiger partial charge in [0.2, 0.25) is 0 Å². The first-order valence-electron chi connectivity index (χ1n) is 5.46. The van der Waals surface area contributed by atoms with E-state index in [1.54, 1.807) is 0 Å². The number of aryl methyl sites for hydroxylation is 1. The number of carbonyl (C=O) groups is 1. The third kappa shape index (κ3) is 3.84. The van der Waals surface area contributed by atoms with Crippen LogP contribution in [0.5, 0.6) is 0 Å². The maximum absolute atomic E-state index is 11.7. The summed E-state index contributed by atoms with van der Waals surface area (Å²) in [6, 6.07) is 8.11. The Morgan fingerprint density at radius 2 is 1.93 bits per heavy atom. The predicted molar refractivity (Wildman–Crippen MR) is 63.3 cm³/mol. The Morgan fingerprint density at radius 3 is 2.47 bits per heavy atom. The maximum Gasteiger partial charge on any atom is 0.176 e. The molecule has 0 aliphatic heterocycles. The molecule has 0 aliphatic carbocycles. The molecule has 0 bridgehead atoms.